The van der Waals surface area contributed by atoms with Gasteiger partial charge < -0.3 is 20.1 Å². The zero-order chi connectivity index (χ0) is 23.3. The maximum Gasteiger partial charge on any atom is 0.275 e. The van der Waals surface area contributed by atoms with E-state index in [1.165, 1.54) is 5.56 Å². The smallest absolute Gasteiger partial charge is 0.275 e. The number of aromatic nitrogens is 3. The fourth-order valence-electron chi connectivity index (χ4n) is 3.97. The van der Waals surface area contributed by atoms with Gasteiger partial charge in [-0.2, -0.15) is 5.10 Å². The summed E-state index contributed by atoms with van der Waals surface area (Å²) in [5, 5.41) is 14.0. The molecule has 0 unspecified atom stereocenters. The van der Waals surface area contributed by atoms with Gasteiger partial charge in [0.1, 0.15) is 11.4 Å². The van der Waals surface area contributed by atoms with Gasteiger partial charge in [0.25, 0.3) is 5.91 Å². The van der Waals surface area contributed by atoms with Crippen molar-refractivity contribution in [2.45, 2.75) is 6.54 Å². The van der Waals surface area contributed by atoms with Gasteiger partial charge in [-0.1, -0.05) is 12.1 Å². The number of hydrogen-bond acceptors (Lipinski definition) is 7. The van der Waals surface area contributed by atoms with Gasteiger partial charge in [-0.15, -0.1) is 0 Å². The lowest BCUT2D eigenvalue weighted by Gasteiger charge is -2.26. The maximum absolute atomic E-state index is 13.0. The number of aromatic amines is 1. The quantitative estimate of drug-likeness (QED) is 0.387. The SMILES string of the molecule is COc1ccc2c(Nc3cn[nH]c3C(=O)Nc3ccc(CN4CCOCC4)cc3)ccnc2c1. The van der Waals surface area contributed by atoms with Crippen molar-refractivity contribution in [3.8, 4) is 5.75 Å². The van der Waals surface area contributed by atoms with Crippen LogP contribution in [0.2, 0.25) is 0 Å². The molecule has 0 saturated carbocycles. The lowest BCUT2D eigenvalue weighted by Crippen LogP contribution is -2.35. The average molecular weight is 459 g/mol. The highest BCUT2D eigenvalue weighted by Crippen LogP contribution is 2.29. The van der Waals surface area contributed by atoms with Crippen LogP contribution in [0.3, 0.4) is 0 Å². The molecule has 3 heterocycles. The molecular formula is C25H26N6O3. The number of fused-ring (bicyclic) bond motifs is 1. The zero-order valence-electron chi connectivity index (χ0n) is 18.9. The number of anilines is 3. The number of amides is 1. The number of H-pyrrole nitrogens is 1. The lowest BCUT2D eigenvalue weighted by molar-refractivity contribution is 0.0342. The summed E-state index contributed by atoms with van der Waals surface area (Å²) in [7, 11) is 1.62. The van der Waals surface area contributed by atoms with Crippen LogP contribution in [0.1, 0.15) is 16.1 Å². The first-order valence-corrected chi connectivity index (χ1v) is 11.1. The summed E-state index contributed by atoms with van der Waals surface area (Å²) in [5.74, 6) is 0.456. The van der Waals surface area contributed by atoms with Gasteiger partial charge in [-0.3, -0.25) is 19.8 Å². The van der Waals surface area contributed by atoms with Gasteiger partial charge in [0.15, 0.2) is 0 Å². The maximum atomic E-state index is 13.0. The summed E-state index contributed by atoms with van der Waals surface area (Å²) < 4.78 is 10.7. The Labute approximate surface area is 197 Å². The number of methoxy groups -OCH3 is 1. The minimum atomic E-state index is -0.277. The topological polar surface area (TPSA) is 104 Å². The van der Waals surface area contributed by atoms with Crippen LogP contribution in [0.25, 0.3) is 10.9 Å². The molecule has 4 aromatic rings. The number of nitrogens with zero attached hydrogens (tertiary/aromatic N) is 3. The molecule has 0 aliphatic carbocycles. The van der Waals surface area contributed by atoms with Crippen molar-refractivity contribution in [3.63, 3.8) is 0 Å². The molecule has 0 atom stereocenters. The number of nitrogens with one attached hydrogen (secondary N) is 3. The molecule has 9 heteroatoms. The highest BCUT2D eigenvalue weighted by molar-refractivity contribution is 6.07. The number of benzene rings is 2. The summed E-state index contributed by atoms with van der Waals surface area (Å²) in [4.78, 5) is 19.7. The molecule has 0 radical (unpaired) electrons. The van der Waals surface area contributed by atoms with Crippen molar-refractivity contribution < 1.29 is 14.3 Å². The first kappa shape index (κ1) is 21.9. The number of carbonyl (C=O) groups excluding carboxylic acids is 1. The monoisotopic (exact) mass is 458 g/mol. The molecule has 1 saturated heterocycles. The van der Waals surface area contributed by atoms with Gasteiger partial charge in [-0.05, 0) is 35.9 Å². The van der Waals surface area contributed by atoms with E-state index in [4.69, 9.17) is 9.47 Å². The fourth-order valence-corrected chi connectivity index (χ4v) is 3.97. The van der Waals surface area contributed by atoms with Gasteiger partial charge in [-0.25, -0.2) is 0 Å². The Balaban J connectivity index is 1.28. The molecule has 34 heavy (non-hydrogen) atoms. The Morgan fingerprint density at radius 3 is 2.74 bits per heavy atom. The molecule has 0 bridgehead atoms. The van der Waals surface area contributed by atoms with E-state index in [1.807, 2.05) is 48.5 Å². The second kappa shape index (κ2) is 9.90. The van der Waals surface area contributed by atoms with Gasteiger partial charge in [0.2, 0.25) is 0 Å². The van der Waals surface area contributed by atoms with Crippen LogP contribution in [-0.2, 0) is 11.3 Å². The van der Waals surface area contributed by atoms with E-state index in [2.05, 4.69) is 30.7 Å². The average Bonchev–Trinajstić information content (AvgIpc) is 3.34. The van der Waals surface area contributed by atoms with Crippen LogP contribution in [0.15, 0.2) is 60.9 Å². The molecule has 174 valence electrons. The van der Waals surface area contributed by atoms with E-state index in [0.29, 0.717) is 11.4 Å². The van der Waals surface area contributed by atoms with Crippen molar-refractivity contribution in [1.82, 2.24) is 20.1 Å². The second-order valence-corrected chi connectivity index (χ2v) is 8.06. The molecule has 9 nitrogen and oxygen atoms in total. The highest BCUT2D eigenvalue weighted by atomic mass is 16.5. The Kier molecular flexibility index (Phi) is 6.37. The fraction of sp³-hybridized carbons (Fsp3) is 0.240. The van der Waals surface area contributed by atoms with Gasteiger partial charge >= 0.3 is 0 Å². The van der Waals surface area contributed by atoms with Crippen LogP contribution in [0.4, 0.5) is 17.1 Å². The molecule has 0 spiro atoms. The van der Waals surface area contributed by atoms with E-state index in [0.717, 1.165) is 60.9 Å². The number of morpholine rings is 1. The van der Waals surface area contributed by atoms with Crippen molar-refractivity contribution >= 4 is 33.9 Å². The van der Waals surface area contributed by atoms with Crippen LogP contribution < -0.4 is 15.4 Å². The molecule has 1 fully saturated rings. The first-order valence-electron chi connectivity index (χ1n) is 11.1. The molecule has 1 aliphatic heterocycles. The summed E-state index contributed by atoms with van der Waals surface area (Å²) in [6.07, 6.45) is 3.30. The molecule has 5 rings (SSSR count). The number of ether oxygens (including phenoxy) is 2. The Hall–Kier alpha value is -3.95. The molecular weight excluding hydrogens is 432 g/mol. The van der Waals surface area contributed by atoms with Crippen LogP contribution in [-0.4, -0.2) is 59.4 Å². The van der Waals surface area contributed by atoms with Gasteiger partial charge in [0, 0.05) is 48.7 Å². The molecule has 1 aliphatic rings. The summed E-state index contributed by atoms with van der Waals surface area (Å²) >= 11 is 0. The van der Waals surface area contributed by atoms with E-state index >= 15 is 0 Å². The largest absolute Gasteiger partial charge is 0.497 e. The lowest BCUT2D eigenvalue weighted by atomic mass is 10.1. The van der Waals surface area contributed by atoms with Crippen LogP contribution >= 0.6 is 0 Å². The number of carbonyl (C=O) groups is 1. The first-order chi connectivity index (χ1) is 16.7. The highest BCUT2D eigenvalue weighted by Gasteiger charge is 2.16. The number of pyridine rings is 1. The predicted octanol–water partition coefficient (Wildman–Crippen LogP) is 3.79. The second-order valence-electron chi connectivity index (χ2n) is 8.06. The van der Waals surface area contributed by atoms with E-state index in [1.54, 1.807) is 19.5 Å². The Bertz CT molecular complexity index is 1280. The predicted molar refractivity (Wildman–Crippen MR) is 131 cm³/mol. The number of hydrogen-bond donors (Lipinski definition) is 3. The standard InChI is InChI=1S/C25H26N6O3/c1-33-19-6-7-20-21(8-9-26-22(20)14-19)29-23-15-27-30-24(23)25(32)28-18-4-2-17(3-5-18)16-31-10-12-34-13-11-31/h2-9,14-15H,10-13,16H2,1H3,(H,26,29)(H,27,30)(H,28,32). The van der Waals surface area contributed by atoms with Crippen LogP contribution in [0, 0.1) is 0 Å². The Morgan fingerprint density at radius 2 is 1.94 bits per heavy atom. The number of rotatable bonds is 7. The third-order valence-corrected chi connectivity index (χ3v) is 5.81. The molecule has 2 aromatic heterocycles. The molecule has 3 N–H and O–H groups in total. The normalized spacial score (nSPS) is 14.1. The Morgan fingerprint density at radius 1 is 1.12 bits per heavy atom. The molecule has 2 aromatic carbocycles. The minimum Gasteiger partial charge on any atom is -0.497 e. The third kappa shape index (κ3) is 4.85. The van der Waals surface area contributed by atoms with E-state index in [9.17, 15) is 4.79 Å². The summed E-state index contributed by atoms with van der Waals surface area (Å²) in [6.45, 7) is 4.30. The van der Waals surface area contributed by atoms with Crippen molar-refractivity contribution in [3.05, 3.63) is 72.2 Å². The molecule has 1 amide bonds. The third-order valence-electron chi connectivity index (χ3n) is 5.81. The van der Waals surface area contributed by atoms with Crippen molar-refractivity contribution in [2.24, 2.45) is 0 Å². The van der Waals surface area contributed by atoms with Crippen LogP contribution in [0.5, 0.6) is 5.75 Å². The van der Waals surface area contributed by atoms with E-state index < -0.39 is 0 Å². The van der Waals surface area contributed by atoms with E-state index in [-0.39, 0.29) is 5.91 Å². The van der Waals surface area contributed by atoms with Gasteiger partial charge in [0.05, 0.1) is 37.7 Å². The van der Waals surface area contributed by atoms with Crippen molar-refractivity contribution in [1.29, 1.82) is 0 Å². The zero-order valence-corrected chi connectivity index (χ0v) is 18.9. The summed E-state index contributed by atoms with van der Waals surface area (Å²) in [6, 6.07) is 15.4. The van der Waals surface area contributed by atoms with Crippen molar-refractivity contribution in [2.75, 3.05) is 44.0 Å². The summed E-state index contributed by atoms with van der Waals surface area (Å²) in [5.41, 5.74) is 4.44. The minimum absolute atomic E-state index is 0.277.